The summed E-state index contributed by atoms with van der Waals surface area (Å²) in [6.07, 6.45) is 8.69. The van der Waals surface area contributed by atoms with Crippen molar-refractivity contribution in [3.63, 3.8) is 0 Å². The lowest BCUT2D eigenvalue weighted by atomic mass is 9.92. The Bertz CT molecular complexity index is 1250. The van der Waals surface area contributed by atoms with Gasteiger partial charge in [0.1, 0.15) is 6.10 Å². The number of aromatic nitrogens is 1. The van der Waals surface area contributed by atoms with Crippen molar-refractivity contribution in [3.05, 3.63) is 65.5 Å². The lowest BCUT2D eigenvalue weighted by Crippen LogP contribution is -2.48. The average Bonchev–Trinajstić information content (AvgIpc) is 3.37. The van der Waals surface area contributed by atoms with E-state index in [0.29, 0.717) is 37.7 Å². The number of hydrogen-bond acceptors (Lipinski definition) is 8. The second-order valence-corrected chi connectivity index (χ2v) is 10.9. The summed E-state index contributed by atoms with van der Waals surface area (Å²) in [6.45, 7) is 11.1. The van der Waals surface area contributed by atoms with Crippen molar-refractivity contribution in [2.24, 2.45) is 21.6 Å². The van der Waals surface area contributed by atoms with Gasteiger partial charge in [-0.1, -0.05) is 50.3 Å². The van der Waals surface area contributed by atoms with E-state index < -0.39 is 0 Å². The van der Waals surface area contributed by atoms with Crippen LogP contribution < -0.4 is 11.1 Å². The Labute approximate surface area is 232 Å². The fourth-order valence-corrected chi connectivity index (χ4v) is 5.41. The molecule has 8 nitrogen and oxygen atoms in total. The number of pyridine rings is 1. The van der Waals surface area contributed by atoms with Gasteiger partial charge in [0.25, 0.3) is 0 Å². The minimum Gasteiger partial charge on any atom is -0.379 e. The number of guanidine groups is 1. The standard InChI is InChI=1S/C31H42N6O2/c1-4-38-18-19-39-30(24-10-5-8-22-9-7-15-33-28(22)24)25-11-6-12-27-29(25)36-31(35-27)34-23-13-16-37(17-14-23)20-26(32)21(2)3/h5-11,15,21,23,26,30H,4,12-14,16-20,32H2,1-3H3,(H,34,36). The van der Waals surface area contributed by atoms with Crippen LogP contribution in [0.25, 0.3) is 10.9 Å². The number of allylic oxidation sites excluding steroid dienone is 2. The molecule has 3 aliphatic rings. The number of benzene rings is 1. The molecule has 3 N–H and O–H groups in total. The van der Waals surface area contributed by atoms with E-state index >= 15 is 0 Å². The molecule has 0 saturated carbocycles. The van der Waals surface area contributed by atoms with Crippen molar-refractivity contribution in [2.75, 3.05) is 39.5 Å². The zero-order chi connectivity index (χ0) is 27.2. The number of para-hydroxylation sites is 1. The smallest absolute Gasteiger partial charge is 0.223 e. The van der Waals surface area contributed by atoms with Gasteiger partial charge in [-0.2, -0.15) is 0 Å². The molecular formula is C31H42N6O2. The maximum atomic E-state index is 6.50. The first-order valence-electron chi connectivity index (χ1n) is 14.4. The van der Waals surface area contributed by atoms with E-state index in [-0.39, 0.29) is 12.1 Å². The molecule has 0 radical (unpaired) electrons. The number of piperidine rings is 1. The molecule has 0 spiro atoms. The highest BCUT2D eigenvalue weighted by atomic mass is 16.5. The molecule has 39 heavy (non-hydrogen) atoms. The molecule has 2 aromatic rings. The summed E-state index contributed by atoms with van der Waals surface area (Å²) >= 11 is 0. The summed E-state index contributed by atoms with van der Waals surface area (Å²) in [4.78, 5) is 17.1. The monoisotopic (exact) mass is 530 g/mol. The van der Waals surface area contributed by atoms with Crippen LogP contribution in [0.15, 0.2) is 69.9 Å². The molecule has 1 fully saturated rings. The van der Waals surface area contributed by atoms with E-state index in [4.69, 9.17) is 30.2 Å². The van der Waals surface area contributed by atoms with Gasteiger partial charge in [0.05, 0.1) is 30.1 Å². The number of likely N-dealkylation sites (tertiary alicyclic amines) is 1. The van der Waals surface area contributed by atoms with Gasteiger partial charge in [0, 0.05) is 67.5 Å². The first kappa shape index (κ1) is 27.6. The van der Waals surface area contributed by atoms with Gasteiger partial charge in [-0.05, 0) is 31.7 Å². The minimum atomic E-state index is -0.322. The van der Waals surface area contributed by atoms with Crippen molar-refractivity contribution >= 4 is 22.6 Å². The highest BCUT2D eigenvalue weighted by Crippen LogP contribution is 2.37. The highest BCUT2D eigenvalue weighted by Gasteiger charge is 2.30. The van der Waals surface area contributed by atoms with Crippen molar-refractivity contribution in [1.82, 2.24) is 15.2 Å². The molecule has 3 heterocycles. The average molecular weight is 531 g/mol. The summed E-state index contributed by atoms with van der Waals surface area (Å²) in [5.41, 5.74) is 11.2. The van der Waals surface area contributed by atoms with Crippen LogP contribution in [0.3, 0.4) is 0 Å². The van der Waals surface area contributed by atoms with E-state index in [2.05, 4.69) is 60.5 Å². The molecule has 1 aliphatic carbocycles. The third-order valence-electron chi connectivity index (χ3n) is 7.81. The Balaban J connectivity index is 1.35. The number of hydrogen-bond donors (Lipinski definition) is 2. The van der Waals surface area contributed by atoms with Gasteiger partial charge in [0.15, 0.2) is 0 Å². The number of nitrogens with zero attached hydrogens (tertiary/aromatic N) is 4. The molecule has 8 heteroatoms. The van der Waals surface area contributed by atoms with Crippen molar-refractivity contribution in [2.45, 2.75) is 58.2 Å². The summed E-state index contributed by atoms with van der Waals surface area (Å²) < 4.78 is 12.1. The molecule has 1 aromatic carbocycles. The van der Waals surface area contributed by atoms with Crippen LogP contribution in [-0.4, -0.2) is 73.1 Å². The van der Waals surface area contributed by atoms with Crippen LogP contribution in [0.5, 0.6) is 0 Å². The lowest BCUT2D eigenvalue weighted by molar-refractivity contribution is 0.0232. The molecule has 208 valence electrons. The Morgan fingerprint density at radius 1 is 1.10 bits per heavy atom. The van der Waals surface area contributed by atoms with Crippen LogP contribution in [0.1, 0.15) is 51.7 Å². The zero-order valence-corrected chi connectivity index (χ0v) is 23.5. The van der Waals surface area contributed by atoms with Crippen LogP contribution in [0.2, 0.25) is 0 Å². The number of fused-ring (bicyclic) bond motifs is 2. The molecule has 0 bridgehead atoms. The summed E-state index contributed by atoms with van der Waals surface area (Å²) in [5, 5.41) is 4.72. The zero-order valence-electron chi connectivity index (χ0n) is 23.5. The topological polar surface area (TPSA) is 97.4 Å². The SMILES string of the molecule is CCOCCOC(C1=C2N=C(NC3CCN(CC(N)C(C)C)CC3)N=C2CC=C1)c1cccc2cccnc12. The first-order chi connectivity index (χ1) is 19.0. The van der Waals surface area contributed by atoms with Gasteiger partial charge in [-0.15, -0.1) is 0 Å². The molecule has 2 unspecified atom stereocenters. The molecule has 1 saturated heterocycles. The van der Waals surface area contributed by atoms with Gasteiger partial charge in [-0.25, -0.2) is 9.98 Å². The number of aliphatic imine (C=N–C) groups is 2. The van der Waals surface area contributed by atoms with Gasteiger partial charge < -0.3 is 25.4 Å². The quantitative estimate of drug-likeness (QED) is 0.418. The largest absolute Gasteiger partial charge is 0.379 e. The molecule has 2 atom stereocenters. The number of rotatable bonds is 11. The maximum Gasteiger partial charge on any atom is 0.223 e. The predicted octanol–water partition coefficient (Wildman–Crippen LogP) is 4.39. The molecular weight excluding hydrogens is 488 g/mol. The van der Waals surface area contributed by atoms with E-state index in [1.807, 2.05) is 19.2 Å². The fourth-order valence-electron chi connectivity index (χ4n) is 5.41. The Hall–Kier alpha value is -2.91. The Morgan fingerprint density at radius 2 is 1.92 bits per heavy atom. The summed E-state index contributed by atoms with van der Waals surface area (Å²) in [6, 6.07) is 10.9. The Kier molecular flexibility index (Phi) is 9.19. The number of nitrogens with two attached hydrogens (primary N) is 1. The molecule has 1 aromatic heterocycles. The Morgan fingerprint density at radius 3 is 2.72 bits per heavy atom. The number of nitrogens with one attached hydrogen (secondary N) is 1. The normalized spacial score (nSPS) is 19.8. The molecule has 2 aliphatic heterocycles. The summed E-state index contributed by atoms with van der Waals surface area (Å²) in [5.74, 6) is 1.21. The maximum absolute atomic E-state index is 6.50. The summed E-state index contributed by atoms with van der Waals surface area (Å²) in [7, 11) is 0. The molecule has 5 rings (SSSR count). The van der Waals surface area contributed by atoms with Crippen molar-refractivity contribution < 1.29 is 9.47 Å². The predicted molar refractivity (Wildman–Crippen MR) is 158 cm³/mol. The van der Waals surface area contributed by atoms with E-state index in [1.165, 1.54) is 0 Å². The molecule has 0 amide bonds. The van der Waals surface area contributed by atoms with E-state index in [0.717, 1.165) is 72.3 Å². The van der Waals surface area contributed by atoms with E-state index in [1.54, 1.807) is 0 Å². The van der Waals surface area contributed by atoms with Crippen LogP contribution in [-0.2, 0) is 9.47 Å². The second-order valence-electron chi connectivity index (χ2n) is 10.9. The third-order valence-corrected chi connectivity index (χ3v) is 7.81. The van der Waals surface area contributed by atoms with Crippen LogP contribution in [0.4, 0.5) is 0 Å². The lowest BCUT2D eigenvalue weighted by Gasteiger charge is -2.34. The van der Waals surface area contributed by atoms with Crippen molar-refractivity contribution in [3.8, 4) is 0 Å². The van der Waals surface area contributed by atoms with Gasteiger partial charge >= 0.3 is 0 Å². The second kappa shape index (κ2) is 13.0. The van der Waals surface area contributed by atoms with Crippen LogP contribution >= 0.6 is 0 Å². The fraction of sp³-hybridized carbons (Fsp3) is 0.516. The number of ether oxygens (including phenoxy) is 2. The van der Waals surface area contributed by atoms with Crippen LogP contribution in [0, 0.1) is 5.92 Å². The van der Waals surface area contributed by atoms with E-state index in [9.17, 15) is 0 Å². The van der Waals surface area contributed by atoms with Gasteiger partial charge in [0.2, 0.25) is 5.96 Å². The first-order valence-corrected chi connectivity index (χ1v) is 14.4. The highest BCUT2D eigenvalue weighted by molar-refractivity contribution is 6.14. The third kappa shape index (κ3) is 6.64. The van der Waals surface area contributed by atoms with Crippen molar-refractivity contribution in [1.29, 1.82) is 0 Å². The van der Waals surface area contributed by atoms with Gasteiger partial charge in [-0.3, -0.25) is 4.98 Å². The minimum absolute atomic E-state index is 0.224.